The fraction of sp³-hybridized carbons (Fsp3) is 0.217. The first-order valence-electron chi connectivity index (χ1n) is 9.02. The van der Waals surface area contributed by atoms with Crippen LogP contribution in [0.5, 0.6) is 11.5 Å². The molecule has 0 unspecified atom stereocenters. The minimum atomic E-state index is 0.521. The Morgan fingerprint density at radius 2 is 1.23 bits per heavy atom. The largest absolute Gasteiger partial charge is 0.485 e. The molecule has 0 spiro atoms. The van der Waals surface area contributed by atoms with Crippen LogP contribution < -0.4 is 14.8 Å². The van der Waals surface area contributed by atoms with Crippen molar-refractivity contribution in [2.24, 2.45) is 0 Å². The second kappa shape index (κ2) is 9.64. The van der Waals surface area contributed by atoms with E-state index >= 15 is 0 Å². The lowest BCUT2D eigenvalue weighted by Gasteiger charge is -2.15. The average molecular weight is 347 g/mol. The van der Waals surface area contributed by atoms with Crippen LogP contribution in [0.1, 0.15) is 23.6 Å². The van der Waals surface area contributed by atoms with Crippen LogP contribution in [0.15, 0.2) is 78.9 Å². The molecule has 3 aromatic rings. The zero-order valence-corrected chi connectivity index (χ0v) is 15.2. The van der Waals surface area contributed by atoms with Crippen molar-refractivity contribution >= 4 is 0 Å². The smallest absolute Gasteiger partial charge is 0.162 e. The average Bonchev–Trinajstić information content (AvgIpc) is 2.71. The standard InChI is InChI=1S/C23H25NO2/c1-2-24-16-21-13-14-22(25-17-19-9-5-3-6-10-19)23(15-21)26-18-20-11-7-4-8-12-20/h3-15,24H,2,16-18H2,1H3. The molecule has 26 heavy (non-hydrogen) atoms. The van der Waals surface area contributed by atoms with Crippen LogP contribution >= 0.6 is 0 Å². The van der Waals surface area contributed by atoms with Gasteiger partial charge in [0.2, 0.25) is 0 Å². The van der Waals surface area contributed by atoms with Crippen molar-refractivity contribution in [2.45, 2.75) is 26.7 Å². The molecule has 3 rings (SSSR count). The summed E-state index contributed by atoms with van der Waals surface area (Å²) >= 11 is 0. The molecule has 0 aliphatic heterocycles. The fourth-order valence-corrected chi connectivity index (χ4v) is 2.63. The molecule has 0 atom stereocenters. The van der Waals surface area contributed by atoms with Crippen LogP contribution in [-0.2, 0) is 19.8 Å². The topological polar surface area (TPSA) is 30.5 Å². The third-order valence-electron chi connectivity index (χ3n) is 4.06. The Hall–Kier alpha value is -2.78. The van der Waals surface area contributed by atoms with Crippen LogP contribution in [0.25, 0.3) is 0 Å². The summed E-state index contributed by atoms with van der Waals surface area (Å²) in [4.78, 5) is 0. The molecule has 0 aliphatic carbocycles. The van der Waals surface area contributed by atoms with Crippen molar-refractivity contribution in [1.29, 1.82) is 0 Å². The second-order valence-electron chi connectivity index (χ2n) is 6.11. The van der Waals surface area contributed by atoms with Crippen LogP contribution in [0.4, 0.5) is 0 Å². The molecule has 0 heterocycles. The molecule has 0 saturated carbocycles. The number of hydrogen-bond acceptors (Lipinski definition) is 3. The minimum Gasteiger partial charge on any atom is -0.485 e. The van der Waals surface area contributed by atoms with Gasteiger partial charge >= 0.3 is 0 Å². The van der Waals surface area contributed by atoms with E-state index < -0.39 is 0 Å². The monoisotopic (exact) mass is 347 g/mol. The Bertz CT molecular complexity index is 788. The van der Waals surface area contributed by atoms with Crippen LogP contribution in [0.3, 0.4) is 0 Å². The van der Waals surface area contributed by atoms with Gasteiger partial charge in [0.15, 0.2) is 11.5 Å². The predicted octanol–water partition coefficient (Wildman–Crippen LogP) is 4.95. The van der Waals surface area contributed by atoms with Gasteiger partial charge in [0, 0.05) is 6.54 Å². The van der Waals surface area contributed by atoms with E-state index in [0.717, 1.165) is 35.7 Å². The summed E-state index contributed by atoms with van der Waals surface area (Å²) in [5.74, 6) is 1.55. The van der Waals surface area contributed by atoms with Crippen molar-refractivity contribution in [3.63, 3.8) is 0 Å². The molecule has 0 bridgehead atoms. The number of hydrogen-bond donors (Lipinski definition) is 1. The summed E-state index contributed by atoms with van der Waals surface area (Å²) in [6, 6.07) is 26.5. The molecule has 0 aromatic heterocycles. The first-order chi connectivity index (χ1) is 12.8. The van der Waals surface area contributed by atoms with E-state index in [1.165, 1.54) is 5.56 Å². The third kappa shape index (κ3) is 5.36. The zero-order chi connectivity index (χ0) is 18.0. The van der Waals surface area contributed by atoms with E-state index in [1.54, 1.807) is 0 Å². The minimum absolute atomic E-state index is 0.521. The molecule has 0 amide bonds. The number of ether oxygens (including phenoxy) is 2. The quantitative estimate of drug-likeness (QED) is 0.594. The summed E-state index contributed by atoms with van der Waals surface area (Å²) in [6.45, 7) is 4.90. The van der Waals surface area contributed by atoms with Crippen LogP contribution in [0.2, 0.25) is 0 Å². The number of rotatable bonds is 9. The predicted molar refractivity (Wildman–Crippen MR) is 105 cm³/mol. The van der Waals surface area contributed by atoms with Crippen molar-refractivity contribution in [3.05, 3.63) is 95.6 Å². The Labute approximate surface area is 155 Å². The van der Waals surface area contributed by atoms with E-state index in [1.807, 2.05) is 42.5 Å². The van der Waals surface area contributed by atoms with Gasteiger partial charge in [-0.2, -0.15) is 0 Å². The van der Waals surface area contributed by atoms with Gasteiger partial charge in [0.25, 0.3) is 0 Å². The van der Waals surface area contributed by atoms with Crippen molar-refractivity contribution in [3.8, 4) is 11.5 Å². The molecule has 0 aliphatic rings. The Morgan fingerprint density at radius 1 is 0.654 bits per heavy atom. The Balaban J connectivity index is 1.73. The highest BCUT2D eigenvalue weighted by Gasteiger charge is 2.08. The molecule has 0 radical (unpaired) electrons. The summed E-state index contributed by atoms with van der Waals surface area (Å²) in [7, 11) is 0. The highest BCUT2D eigenvalue weighted by molar-refractivity contribution is 5.43. The Kier molecular flexibility index (Phi) is 6.68. The normalized spacial score (nSPS) is 10.5. The van der Waals surface area contributed by atoms with Crippen LogP contribution in [-0.4, -0.2) is 6.54 Å². The highest BCUT2D eigenvalue weighted by Crippen LogP contribution is 2.30. The van der Waals surface area contributed by atoms with Crippen molar-refractivity contribution in [1.82, 2.24) is 5.32 Å². The first-order valence-corrected chi connectivity index (χ1v) is 9.02. The van der Waals surface area contributed by atoms with Gasteiger partial charge in [-0.1, -0.05) is 73.7 Å². The number of nitrogens with one attached hydrogen (secondary N) is 1. The lowest BCUT2D eigenvalue weighted by molar-refractivity contribution is 0.255. The molecule has 3 heteroatoms. The van der Waals surface area contributed by atoms with Gasteiger partial charge in [0.1, 0.15) is 13.2 Å². The maximum absolute atomic E-state index is 6.08. The van der Waals surface area contributed by atoms with Crippen LogP contribution in [0, 0.1) is 0 Å². The molecule has 3 aromatic carbocycles. The van der Waals surface area contributed by atoms with Crippen molar-refractivity contribution in [2.75, 3.05) is 6.54 Å². The van der Waals surface area contributed by atoms with E-state index in [9.17, 15) is 0 Å². The van der Waals surface area contributed by atoms with Gasteiger partial charge in [-0.05, 0) is 35.4 Å². The summed E-state index contributed by atoms with van der Waals surface area (Å²) in [5, 5.41) is 3.35. The Morgan fingerprint density at radius 3 is 1.81 bits per heavy atom. The maximum Gasteiger partial charge on any atom is 0.162 e. The maximum atomic E-state index is 6.08. The molecule has 3 nitrogen and oxygen atoms in total. The van der Waals surface area contributed by atoms with Crippen molar-refractivity contribution < 1.29 is 9.47 Å². The third-order valence-corrected chi connectivity index (χ3v) is 4.06. The zero-order valence-electron chi connectivity index (χ0n) is 15.2. The molecule has 0 fully saturated rings. The molecule has 134 valence electrons. The van der Waals surface area contributed by atoms with Gasteiger partial charge in [-0.3, -0.25) is 0 Å². The highest BCUT2D eigenvalue weighted by atomic mass is 16.5. The molecule has 1 N–H and O–H groups in total. The summed E-state index contributed by atoms with van der Waals surface area (Å²) in [5.41, 5.74) is 3.46. The van der Waals surface area contributed by atoms with E-state index in [0.29, 0.717) is 13.2 Å². The van der Waals surface area contributed by atoms with E-state index in [-0.39, 0.29) is 0 Å². The van der Waals surface area contributed by atoms with Gasteiger partial charge in [-0.15, -0.1) is 0 Å². The second-order valence-corrected chi connectivity index (χ2v) is 6.11. The lowest BCUT2D eigenvalue weighted by atomic mass is 10.2. The summed E-state index contributed by atoms with van der Waals surface area (Å²) < 4.78 is 12.1. The fourth-order valence-electron chi connectivity index (χ4n) is 2.63. The lowest BCUT2D eigenvalue weighted by Crippen LogP contribution is -2.12. The van der Waals surface area contributed by atoms with Gasteiger partial charge in [0.05, 0.1) is 0 Å². The number of benzene rings is 3. The molecule has 0 saturated heterocycles. The van der Waals surface area contributed by atoms with Gasteiger partial charge in [-0.25, -0.2) is 0 Å². The molecular weight excluding hydrogens is 322 g/mol. The summed E-state index contributed by atoms with van der Waals surface area (Å²) in [6.07, 6.45) is 0. The van der Waals surface area contributed by atoms with E-state index in [2.05, 4.69) is 48.6 Å². The van der Waals surface area contributed by atoms with E-state index in [4.69, 9.17) is 9.47 Å². The SMILES string of the molecule is CCNCc1ccc(OCc2ccccc2)c(OCc2ccccc2)c1. The molecular formula is C23H25NO2. The first kappa shape index (κ1) is 18.0. The van der Waals surface area contributed by atoms with Gasteiger partial charge < -0.3 is 14.8 Å².